The van der Waals surface area contributed by atoms with E-state index in [0.29, 0.717) is 23.4 Å². The average molecular weight is 234 g/mol. The van der Waals surface area contributed by atoms with Crippen LogP contribution in [0.25, 0.3) is 0 Å². The molecule has 0 radical (unpaired) electrons. The first-order valence-electron chi connectivity index (χ1n) is 6.33. The van der Waals surface area contributed by atoms with Crippen molar-refractivity contribution in [2.45, 2.75) is 31.8 Å². The molecule has 2 saturated carbocycles. The summed E-state index contributed by atoms with van der Waals surface area (Å²) >= 11 is 0. The van der Waals surface area contributed by atoms with Crippen molar-refractivity contribution in [2.75, 3.05) is 7.11 Å². The second-order valence-electron chi connectivity index (χ2n) is 5.28. The predicted octanol–water partition coefficient (Wildman–Crippen LogP) is 1.95. The molecule has 0 spiro atoms. The fraction of sp³-hybridized carbons (Fsp3) is 0.692. The number of aliphatic hydroxyl groups is 1. The summed E-state index contributed by atoms with van der Waals surface area (Å²) in [6.07, 6.45) is 4.62. The van der Waals surface area contributed by atoms with Gasteiger partial charge in [0.05, 0.1) is 12.8 Å². The van der Waals surface area contributed by atoms with Crippen LogP contribution in [0.15, 0.2) is 12.1 Å². The zero-order chi connectivity index (χ0) is 11.8. The van der Waals surface area contributed by atoms with E-state index in [9.17, 15) is 5.11 Å². The Balaban J connectivity index is 1.74. The molecule has 17 heavy (non-hydrogen) atoms. The first-order valence-corrected chi connectivity index (χ1v) is 6.33. The molecule has 0 saturated heterocycles. The summed E-state index contributed by atoms with van der Waals surface area (Å²) < 4.78 is 4.97. The molecule has 1 aromatic rings. The van der Waals surface area contributed by atoms with Gasteiger partial charge in [0.1, 0.15) is 6.10 Å². The van der Waals surface area contributed by atoms with Gasteiger partial charge in [-0.05, 0) is 43.1 Å². The van der Waals surface area contributed by atoms with Gasteiger partial charge < -0.3 is 9.84 Å². The molecule has 92 valence electrons. The Morgan fingerprint density at radius 2 is 2.18 bits per heavy atom. The number of fused-ring (bicyclic) bond motifs is 2. The van der Waals surface area contributed by atoms with Gasteiger partial charge in [-0.1, -0.05) is 6.42 Å². The first kappa shape index (κ1) is 11.0. The number of hydrogen-bond donors (Lipinski definition) is 1. The van der Waals surface area contributed by atoms with E-state index >= 15 is 0 Å². The van der Waals surface area contributed by atoms with E-state index in [-0.39, 0.29) is 0 Å². The SMILES string of the molecule is COc1ccc(C(O)C2CC3CCC2C3)nn1. The maximum Gasteiger partial charge on any atom is 0.233 e. The molecular weight excluding hydrogens is 216 g/mol. The van der Waals surface area contributed by atoms with Gasteiger partial charge in [-0.25, -0.2) is 0 Å². The van der Waals surface area contributed by atoms with E-state index in [0.717, 1.165) is 12.3 Å². The Bertz CT molecular complexity index is 393. The van der Waals surface area contributed by atoms with Crippen LogP contribution in [0.1, 0.15) is 37.5 Å². The quantitative estimate of drug-likeness (QED) is 0.868. The summed E-state index contributed by atoms with van der Waals surface area (Å²) in [5.41, 5.74) is 0.684. The van der Waals surface area contributed by atoms with Crippen LogP contribution in [0.5, 0.6) is 5.88 Å². The molecule has 1 heterocycles. The van der Waals surface area contributed by atoms with Crippen LogP contribution in [0, 0.1) is 17.8 Å². The number of aromatic nitrogens is 2. The molecule has 4 nitrogen and oxygen atoms in total. The largest absolute Gasteiger partial charge is 0.480 e. The monoisotopic (exact) mass is 234 g/mol. The summed E-state index contributed by atoms with van der Waals surface area (Å²) in [6, 6.07) is 3.58. The van der Waals surface area contributed by atoms with Gasteiger partial charge in [0.15, 0.2) is 0 Å². The molecule has 0 amide bonds. The van der Waals surface area contributed by atoms with Crippen LogP contribution in [-0.2, 0) is 0 Å². The van der Waals surface area contributed by atoms with Gasteiger partial charge >= 0.3 is 0 Å². The molecule has 4 atom stereocenters. The topological polar surface area (TPSA) is 55.2 Å². The van der Waals surface area contributed by atoms with Crippen LogP contribution in [0.3, 0.4) is 0 Å². The second kappa shape index (κ2) is 4.26. The summed E-state index contributed by atoms with van der Waals surface area (Å²) in [7, 11) is 1.57. The minimum Gasteiger partial charge on any atom is -0.480 e. The average Bonchev–Trinajstić information content (AvgIpc) is 3.00. The van der Waals surface area contributed by atoms with Crippen LogP contribution in [0.4, 0.5) is 0 Å². The van der Waals surface area contributed by atoms with Gasteiger partial charge in [-0.2, -0.15) is 0 Å². The van der Waals surface area contributed by atoms with E-state index in [2.05, 4.69) is 10.2 Å². The lowest BCUT2D eigenvalue weighted by Crippen LogP contribution is -2.20. The maximum absolute atomic E-state index is 10.4. The smallest absolute Gasteiger partial charge is 0.233 e. The minimum absolute atomic E-state index is 0.386. The number of ether oxygens (including phenoxy) is 1. The van der Waals surface area contributed by atoms with Crippen molar-refractivity contribution in [3.8, 4) is 5.88 Å². The zero-order valence-corrected chi connectivity index (χ0v) is 10.0. The van der Waals surface area contributed by atoms with E-state index in [1.807, 2.05) is 6.07 Å². The first-order chi connectivity index (χ1) is 8.28. The molecule has 0 aliphatic heterocycles. The number of methoxy groups -OCH3 is 1. The van der Waals surface area contributed by atoms with Crippen LogP contribution < -0.4 is 4.74 Å². The van der Waals surface area contributed by atoms with E-state index < -0.39 is 6.10 Å². The van der Waals surface area contributed by atoms with Gasteiger partial charge in [-0.15, -0.1) is 10.2 Å². The zero-order valence-electron chi connectivity index (χ0n) is 10.0. The van der Waals surface area contributed by atoms with Crippen molar-refractivity contribution in [3.05, 3.63) is 17.8 Å². The van der Waals surface area contributed by atoms with E-state index in [4.69, 9.17) is 4.74 Å². The molecule has 4 heteroatoms. The number of aliphatic hydroxyl groups excluding tert-OH is 1. The van der Waals surface area contributed by atoms with E-state index in [1.54, 1.807) is 13.2 Å². The van der Waals surface area contributed by atoms with Crippen LogP contribution in [-0.4, -0.2) is 22.4 Å². The Hall–Kier alpha value is -1.16. The lowest BCUT2D eigenvalue weighted by Gasteiger charge is -2.26. The molecule has 2 aliphatic carbocycles. The summed E-state index contributed by atoms with van der Waals surface area (Å²) in [4.78, 5) is 0. The molecular formula is C13H18N2O2. The maximum atomic E-state index is 10.4. The number of hydrogen-bond acceptors (Lipinski definition) is 4. The van der Waals surface area contributed by atoms with Crippen molar-refractivity contribution in [2.24, 2.45) is 17.8 Å². The van der Waals surface area contributed by atoms with Crippen LogP contribution in [0.2, 0.25) is 0 Å². The Kier molecular flexibility index (Phi) is 2.74. The van der Waals surface area contributed by atoms with Crippen molar-refractivity contribution in [1.82, 2.24) is 10.2 Å². The normalized spacial score (nSPS) is 32.7. The van der Waals surface area contributed by atoms with Crippen molar-refractivity contribution < 1.29 is 9.84 Å². The molecule has 1 N–H and O–H groups in total. The van der Waals surface area contributed by atoms with Gasteiger partial charge in [0.25, 0.3) is 0 Å². The molecule has 2 bridgehead atoms. The fourth-order valence-electron chi connectivity index (χ4n) is 3.50. The third-order valence-corrected chi connectivity index (χ3v) is 4.37. The highest BCUT2D eigenvalue weighted by atomic mass is 16.5. The highest BCUT2D eigenvalue weighted by Gasteiger charge is 2.43. The standard InChI is InChI=1S/C13H18N2O2/c1-17-12-5-4-11(14-15-12)13(16)10-7-8-2-3-9(10)6-8/h4-5,8-10,13,16H,2-3,6-7H2,1H3. The number of nitrogens with zero attached hydrogens (tertiary/aromatic N) is 2. The Labute approximate surface area is 101 Å². The molecule has 3 rings (SSSR count). The van der Waals surface area contributed by atoms with Crippen molar-refractivity contribution in [1.29, 1.82) is 0 Å². The van der Waals surface area contributed by atoms with Gasteiger partial charge in [0.2, 0.25) is 5.88 Å². The Morgan fingerprint density at radius 1 is 1.29 bits per heavy atom. The number of rotatable bonds is 3. The van der Waals surface area contributed by atoms with Crippen LogP contribution >= 0.6 is 0 Å². The minimum atomic E-state index is -0.455. The molecule has 1 aromatic heterocycles. The highest BCUT2D eigenvalue weighted by Crippen LogP contribution is 2.52. The molecule has 2 aliphatic rings. The predicted molar refractivity (Wildman–Crippen MR) is 62.5 cm³/mol. The van der Waals surface area contributed by atoms with E-state index in [1.165, 1.54) is 19.3 Å². The summed E-state index contributed by atoms with van der Waals surface area (Å²) in [5.74, 6) is 2.41. The highest BCUT2D eigenvalue weighted by molar-refractivity contribution is 5.14. The Morgan fingerprint density at radius 3 is 2.71 bits per heavy atom. The van der Waals surface area contributed by atoms with Crippen molar-refractivity contribution in [3.63, 3.8) is 0 Å². The molecule has 0 aromatic carbocycles. The third-order valence-electron chi connectivity index (χ3n) is 4.37. The summed E-state index contributed by atoms with van der Waals surface area (Å²) in [6.45, 7) is 0. The van der Waals surface area contributed by atoms with Gasteiger partial charge in [0, 0.05) is 6.07 Å². The molecule has 4 unspecified atom stereocenters. The second-order valence-corrected chi connectivity index (χ2v) is 5.28. The molecule has 2 fully saturated rings. The fourth-order valence-corrected chi connectivity index (χ4v) is 3.50. The third kappa shape index (κ3) is 1.90. The van der Waals surface area contributed by atoms with Gasteiger partial charge in [-0.3, -0.25) is 0 Å². The summed E-state index contributed by atoms with van der Waals surface area (Å²) in [5, 5.41) is 18.3. The lowest BCUT2D eigenvalue weighted by molar-refractivity contribution is 0.0700. The van der Waals surface area contributed by atoms with Crippen molar-refractivity contribution >= 4 is 0 Å². The lowest BCUT2D eigenvalue weighted by atomic mass is 9.83.